The SMILES string of the molecule is CC1(C)c2cc(-c3nc(-c4cc(-c5ccccc5)cc(-c5ccccc5)c4)nc4ccccc34)ccc2-n2c3c1cccc3c1sc3ccccc3c12. The maximum Gasteiger partial charge on any atom is 0.160 e. The van der Waals surface area contributed by atoms with Gasteiger partial charge in [0.25, 0.3) is 0 Å². The van der Waals surface area contributed by atoms with Gasteiger partial charge in [0.2, 0.25) is 0 Å². The van der Waals surface area contributed by atoms with Crippen molar-refractivity contribution < 1.29 is 0 Å². The molecule has 0 unspecified atom stereocenters. The first kappa shape index (κ1) is 30.3. The van der Waals surface area contributed by atoms with Crippen LogP contribution in [0.4, 0.5) is 0 Å². The predicted molar refractivity (Wildman–Crippen MR) is 223 cm³/mol. The molecule has 0 N–H and O–H groups in total. The van der Waals surface area contributed by atoms with Crippen LogP contribution in [0.3, 0.4) is 0 Å². The van der Waals surface area contributed by atoms with Crippen molar-refractivity contribution in [2.75, 3.05) is 0 Å². The summed E-state index contributed by atoms with van der Waals surface area (Å²) in [5, 5.41) is 3.69. The Bertz CT molecular complexity index is 3020. The zero-order valence-electron chi connectivity index (χ0n) is 29.3. The topological polar surface area (TPSA) is 30.7 Å². The molecule has 4 heteroatoms. The monoisotopic (exact) mass is 695 g/mol. The van der Waals surface area contributed by atoms with Crippen molar-refractivity contribution in [1.29, 1.82) is 0 Å². The third-order valence-electron chi connectivity index (χ3n) is 11.2. The second-order valence-corrected chi connectivity index (χ2v) is 15.7. The van der Waals surface area contributed by atoms with Gasteiger partial charge >= 0.3 is 0 Å². The Balaban J connectivity index is 1.15. The molecule has 0 radical (unpaired) electrons. The number of nitrogens with zero attached hydrogens (tertiary/aromatic N) is 3. The van der Waals surface area contributed by atoms with Gasteiger partial charge in [0.1, 0.15) is 0 Å². The Morgan fingerprint density at radius 1 is 0.472 bits per heavy atom. The van der Waals surface area contributed by atoms with E-state index in [0.29, 0.717) is 0 Å². The summed E-state index contributed by atoms with van der Waals surface area (Å²) < 4.78 is 5.21. The highest BCUT2D eigenvalue weighted by atomic mass is 32.1. The lowest BCUT2D eigenvalue weighted by Gasteiger charge is -2.35. The Morgan fingerprint density at radius 2 is 1.11 bits per heavy atom. The average Bonchev–Trinajstić information content (AvgIpc) is 3.75. The van der Waals surface area contributed by atoms with Crippen LogP contribution in [0.2, 0.25) is 0 Å². The first-order chi connectivity index (χ1) is 26.0. The number of para-hydroxylation sites is 2. The Hall–Kier alpha value is -6.36. The molecule has 0 saturated carbocycles. The lowest BCUT2D eigenvalue weighted by molar-refractivity contribution is 0.630. The van der Waals surface area contributed by atoms with Gasteiger partial charge in [0.05, 0.1) is 32.6 Å². The summed E-state index contributed by atoms with van der Waals surface area (Å²) >= 11 is 1.90. The number of benzene rings is 7. The molecule has 3 aromatic heterocycles. The van der Waals surface area contributed by atoms with Crippen molar-refractivity contribution in [3.63, 3.8) is 0 Å². The molecule has 0 atom stereocenters. The fourth-order valence-electron chi connectivity index (χ4n) is 8.56. The Kier molecular flexibility index (Phi) is 6.47. The van der Waals surface area contributed by atoms with E-state index < -0.39 is 0 Å². The number of aromatic nitrogens is 3. The van der Waals surface area contributed by atoms with Gasteiger partial charge in [-0.15, -0.1) is 11.3 Å². The molecule has 0 saturated heterocycles. The quantitative estimate of drug-likeness (QED) is 0.183. The lowest BCUT2D eigenvalue weighted by Crippen LogP contribution is -2.26. The molecule has 1 aliphatic rings. The zero-order valence-corrected chi connectivity index (χ0v) is 30.2. The predicted octanol–water partition coefficient (Wildman–Crippen LogP) is 13.2. The molecule has 10 aromatic rings. The molecule has 0 bridgehead atoms. The minimum Gasteiger partial charge on any atom is -0.307 e. The molecule has 7 aromatic carbocycles. The van der Waals surface area contributed by atoms with Crippen LogP contribution in [0.15, 0.2) is 164 Å². The smallest absolute Gasteiger partial charge is 0.160 e. The molecular formula is C49H33N3S. The van der Waals surface area contributed by atoms with Gasteiger partial charge in [-0.1, -0.05) is 135 Å². The van der Waals surface area contributed by atoms with E-state index >= 15 is 0 Å². The summed E-state index contributed by atoms with van der Waals surface area (Å²) in [6.45, 7) is 4.74. The maximum atomic E-state index is 5.45. The molecule has 3 nitrogen and oxygen atoms in total. The van der Waals surface area contributed by atoms with Crippen LogP contribution in [-0.2, 0) is 5.41 Å². The molecule has 11 rings (SSSR count). The van der Waals surface area contributed by atoms with E-state index in [-0.39, 0.29) is 5.41 Å². The summed E-state index contributed by atoms with van der Waals surface area (Å²) in [6.07, 6.45) is 0. The normalized spacial score (nSPS) is 13.2. The van der Waals surface area contributed by atoms with Gasteiger partial charge in [0.15, 0.2) is 5.82 Å². The van der Waals surface area contributed by atoms with Crippen LogP contribution in [0.1, 0.15) is 25.0 Å². The maximum absolute atomic E-state index is 5.45. The molecule has 53 heavy (non-hydrogen) atoms. The third-order valence-corrected chi connectivity index (χ3v) is 12.4. The van der Waals surface area contributed by atoms with Crippen molar-refractivity contribution in [2.24, 2.45) is 0 Å². The highest BCUT2D eigenvalue weighted by molar-refractivity contribution is 7.26. The third kappa shape index (κ3) is 4.52. The largest absolute Gasteiger partial charge is 0.307 e. The number of thiophene rings is 1. The van der Waals surface area contributed by atoms with Gasteiger partial charge in [-0.3, -0.25) is 0 Å². The van der Waals surface area contributed by atoms with Crippen LogP contribution in [0.25, 0.3) is 92.7 Å². The minimum absolute atomic E-state index is 0.225. The number of hydrogen-bond donors (Lipinski definition) is 0. The standard InChI is InChI=1S/C49H33N3S/c1-49(2)39-21-13-20-38-45(39)52(46-37-19-10-12-23-43(37)53-47(38)46)42-25-24-32(29-40(42)49)44-36-18-9-11-22-41(36)50-48(51-44)35-27-33(30-14-5-3-6-15-30)26-34(28-35)31-16-7-4-8-17-31/h3-29H,1-2H3. The molecule has 0 fully saturated rings. The molecule has 0 aliphatic carbocycles. The molecule has 250 valence electrons. The number of rotatable bonds is 4. The van der Waals surface area contributed by atoms with Crippen LogP contribution in [0.5, 0.6) is 0 Å². The lowest BCUT2D eigenvalue weighted by atomic mass is 9.74. The van der Waals surface area contributed by atoms with E-state index in [2.05, 4.69) is 182 Å². The number of fused-ring (bicyclic) bond motifs is 8. The van der Waals surface area contributed by atoms with E-state index in [1.165, 1.54) is 48.0 Å². The van der Waals surface area contributed by atoms with Crippen LogP contribution < -0.4 is 0 Å². The van der Waals surface area contributed by atoms with Crippen molar-refractivity contribution in [3.8, 4) is 50.6 Å². The second-order valence-electron chi connectivity index (χ2n) is 14.6. The van der Waals surface area contributed by atoms with E-state index in [4.69, 9.17) is 9.97 Å². The highest BCUT2D eigenvalue weighted by Gasteiger charge is 2.36. The summed E-state index contributed by atoms with van der Waals surface area (Å²) in [7, 11) is 0. The Labute approximate surface area is 311 Å². The van der Waals surface area contributed by atoms with Crippen LogP contribution in [-0.4, -0.2) is 14.5 Å². The summed E-state index contributed by atoms with van der Waals surface area (Å²) in [5.74, 6) is 0.717. The van der Waals surface area contributed by atoms with Crippen molar-refractivity contribution >= 4 is 53.4 Å². The zero-order chi connectivity index (χ0) is 35.3. The van der Waals surface area contributed by atoms with Crippen molar-refractivity contribution in [2.45, 2.75) is 19.3 Å². The molecule has 4 heterocycles. The second kappa shape index (κ2) is 11.3. The summed E-state index contributed by atoms with van der Waals surface area (Å²) in [5.41, 5.74) is 14.9. The molecule has 0 amide bonds. The average molecular weight is 696 g/mol. The fraction of sp³-hybridized carbons (Fsp3) is 0.0612. The Morgan fingerprint density at radius 3 is 1.87 bits per heavy atom. The van der Waals surface area contributed by atoms with Crippen LogP contribution in [0, 0.1) is 0 Å². The summed E-state index contributed by atoms with van der Waals surface area (Å²) in [4.78, 5) is 10.7. The van der Waals surface area contributed by atoms with Gasteiger partial charge < -0.3 is 4.57 Å². The van der Waals surface area contributed by atoms with E-state index in [0.717, 1.165) is 55.8 Å². The first-order valence-corrected chi connectivity index (χ1v) is 19.0. The highest BCUT2D eigenvalue weighted by Crippen LogP contribution is 2.51. The number of hydrogen-bond acceptors (Lipinski definition) is 3. The first-order valence-electron chi connectivity index (χ1n) is 18.2. The van der Waals surface area contributed by atoms with E-state index in [1.807, 2.05) is 11.3 Å². The fourth-order valence-corrected chi connectivity index (χ4v) is 9.78. The van der Waals surface area contributed by atoms with Crippen molar-refractivity contribution in [1.82, 2.24) is 14.5 Å². The summed E-state index contributed by atoms with van der Waals surface area (Å²) in [6, 6.07) is 59.0. The molecule has 0 spiro atoms. The van der Waals surface area contributed by atoms with Gasteiger partial charge in [-0.05, 0) is 75.8 Å². The minimum atomic E-state index is -0.225. The van der Waals surface area contributed by atoms with E-state index in [1.54, 1.807) is 0 Å². The van der Waals surface area contributed by atoms with Gasteiger partial charge in [-0.2, -0.15) is 0 Å². The van der Waals surface area contributed by atoms with Gasteiger partial charge in [0, 0.05) is 37.4 Å². The molecule has 1 aliphatic heterocycles. The molecular weight excluding hydrogens is 663 g/mol. The van der Waals surface area contributed by atoms with Crippen molar-refractivity contribution in [3.05, 3.63) is 175 Å². The van der Waals surface area contributed by atoms with Crippen LogP contribution >= 0.6 is 11.3 Å². The van der Waals surface area contributed by atoms with E-state index in [9.17, 15) is 0 Å². The van der Waals surface area contributed by atoms with Gasteiger partial charge in [-0.25, -0.2) is 9.97 Å².